The minimum absolute atomic E-state index is 0.0779. The molecule has 240 valence electrons. The minimum atomic E-state index is -3.54. The first kappa shape index (κ1) is 32.8. The molecule has 0 saturated carbocycles. The van der Waals surface area contributed by atoms with Crippen molar-refractivity contribution >= 4 is 21.8 Å². The van der Waals surface area contributed by atoms with E-state index in [2.05, 4.69) is 5.32 Å². The number of nitrogens with zero attached hydrogens (tertiary/aromatic N) is 2. The average molecular weight is 644 g/mol. The van der Waals surface area contributed by atoms with Crippen LogP contribution in [0.2, 0.25) is 0 Å². The quantitative estimate of drug-likeness (QED) is 0.204. The second-order valence-corrected chi connectivity index (χ2v) is 13.2. The van der Waals surface area contributed by atoms with E-state index in [0.29, 0.717) is 36.4 Å². The van der Waals surface area contributed by atoms with Gasteiger partial charge in [0.2, 0.25) is 21.8 Å². The van der Waals surface area contributed by atoms with Crippen LogP contribution in [0.4, 0.5) is 4.39 Å². The van der Waals surface area contributed by atoms with E-state index >= 15 is 0 Å². The summed E-state index contributed by atoms with van der Waals surface area (Å²) < 4.78 is 46.4. The van der Waals surface area contributed by atoms with Crippen LogP contribution in [0.25, 0.3) is 0 Å². The van der Waals surface area contributed by atoms with E-state index in [1.165, 1.54) is 21.3 Å². The molecule has 1 aliphatic heterocycles. The maximum atomic E-state index is 14.0. The fourth-order valence-corrected chi connectivity index (χ4v) is 7.06. The van der Waals surface area contributed by atoms with Gasteiger partial charge in [0.15, 0.2) is 0 Å². The third-order valence-corrected chi connectivity index (χ3v) is 10.1. The van der Waals surface area contributed by atoms with Crippen LogP contribution < -0.4 is 10.1 Å². The Morgan fingerprint density at radius 1 is 0.848 bits per heavy atom. The highest BCUT2D eigenvalue weighted by molar-refractivity contribution is 7.89. The van der Waals surface area contributed by atoms with Crippen molar-refractivity contribution < 1.29 is 27.1 Å². The molecule has 4 aromatic rings. The van der Waals surface area contributed by atoms with Gasteiger partial charge >= 0.3 is 0 Å². The lowest BCUT2D eigenvalue weighted by atomic mass is 10.0. The number of hydrogen-bond donors (Lipinski definition) is 1. The zero-order valence-corrected chi connectivity index (χ0v) is 26.6. The van der Waals surface area contributed by atoms with Crippen LogP contribution in [0.1, 0.15) is 47.6 Å². The van der Waals surface area contributed by atoms with Crippen molar-refractivity contribution in [1.29, 1.82) is 0 Å². The molecule has 0 bridgehead atoms. The lowest BCUT2D eigenvalue weighted by molar-refractivity contribution is -0.141. The largest absolute Gasteiger partial charge is 0.497 e. The maximum absolute atomic E-state index is 14.0. The highest BCUT2D eigenvalue weighted by Crippen LogP contribution is 2.26. The standard InChI is InChI=1S/C36H38FN3O5S/c1-45-32-18-11-28(12-19-32)25-38-36(42)35(30-7-3-2-4-8-30)40(26-29-9-16-31(37)17-10-29)34(41)22-15-27-13-20-33(21-14-27)46(43,44)39-23-5-6-24-39/h2-4,7-14,16-21,35H,5-6,15,22-26H2,1H3,(H,38,42)/t35-/m1/s1. The summed E-state index contributed by atoms with van der Waals surface area (Å²) >= 11 is 0. The Hall–Kier alpha value is -4.54. The molecular formula is C36H38FN3O5S. The van der Waals surface area contributed by atoms with E-state index in [1.54, 1.807) is 43.5 Å². The van der Waals surface area contributed by atoms with E-state index in [4.69, 9.17) is 4.74 Å². The summed E-state index contributed by atoms with van der Waals surface area (Å²) in [6.07, 6.45) is 2.14. The predicted octanol–water partition coefficient (Wildman–Crippen LogP) is 5.64. The molecule has 0 radical (unpaired) electrons. The Kier molecular flexibility index (Phi) is 10.8. The van der Waals surface area contributed by atoms with E-state index in [1.807, 2.05) is 54.6 Å². The van der Waals surface area contributed by atoms with Crippen molar-refractivity contribution in [2.45, 2.75) is 49.7 Å². The summed E-state index contributed by atoms with van der Waals surface area (Å²) in [5, 5.41) is 2.99. The molecule has 2 amide bonds. The lowest BCUT2D eigenvalue weighted by Gasteiger charge is -2.32. The van der Waals surface area contributed by atoms with Crippen molar-refractivity contribution in [3.63, 3.8) is 0 Å². The van der Waals surface area contributed by atoms with Crippen molar-refractivity contribution in [3.05, 3.63) is 131 Å². The van der Waals surface area contributed by atoms with E-state index in [-0.39, 0.29) is 36.2 Å². The molecule has 1 aliphatic rings. The number of hydrogen-bond acceptors (Lipinski definition) is 5. The average Bonchev–Trinajstić information content (AvgIpc) is 3.64. The molecule has 1 saturated heterocycles. The molecule has 1 heterocycles. The van der Waals surface area contributed by atoms with Gasteiger partial charge < -0.3 is 15.0 Å². The SMILES string of the molecule is COc1ccc(CNC(=O)[C@@H](c2ccccc2)N(Cc2ccc(F)cc2)C(=O)CCc2ccc(S(=O)(=O)N3CCCC3)cc2)cc1. The summed E-state index contributed by atoms with van der Waals surface area (Å²) in [5.74, 6) is -0.315. The normalized spacial score (nSPS) is 14.0. The van der Waals surface area contributed by atoms with Gasteiger partial charge in [0.05, 0.1) is 12.0 Å². The Morgan fingerprint density at radius 2 is 1.46 bits per heavy atom. The van der Waals surface area contributed by atoms with Gasteiger partial charge in [-0.25, -0.2) is 12.8 Å². The highest BCUT2D eigenvalue weighted by Gasteiger charge is 2.32. The number of carbonyl (C=O) groups is 2. The van der Waals surface area contributed by atoms with E-state index < -0.39 is 21.9 Å². The summed E-state index contributed by atoms with van der Waals surface area (Å²) in [6, 6.07) is 28.0. The summed E-state index contributed by atoms with van der Waals surface area (Å²) in [5.41, 5.74) is 2.99. The molecule has 0 spiro atoms. The minimum Gasteiger partial charge on any atom is -0.497 e. The number of methoxy groups -OCH3 is 1. The molecule has 46 heavy (non-hydrogen) atoms. The van der Waals surface area contributed by atoms with Crippen molar-refractivity contribution in [2.75, 3.05) is 20.2 Å². The first-order valence-corrected chi connectivity index (χ1v) is 16.8. The van der Waals surface area contributed by atoms with Crippen LogP contribution in [0.3, 0.4) is 0 Å². The van der Waals surface area contributed by atoms with Crippen LogP contribution in [-0.2, 0) is 39.1 Å². The van der Waals surface area contributed by atoms with Crippen LogP contribution in [0.15, 0.2) is 108 Å². The molecule has 1 N–H and O–H groups in total. The fourth-order valence-electron chi connectivity index (χ4n) is 5.55. The van der Waals surface area contributed by atoms with Crippen LogP contribution >= 0.6 is 0 Å². The number of ether oxygens (including phenoxy) is 1. The summed E-state index contributed by atoms with van der Waals surface area (Å²) in [4.78, 5) is 29.7. The van der Waals surface area contributed by atoms with Gasteiger partial charge in [0.1, 0.15) is 17.6 Å². The Balaban J connectivity index is 1.37. The number of benzene rings is 4. The van der Waals surface area contributed by atoms with Gasteiger partial charge in [-0.05, 0) is 77.9 Å². The molecule has 4 aromatic carbocycles. The number of amides is 2. The molecule has 5 rings (SSSR count). The molecule has 0 aromatic heterocycles. The first-order valence-electron chi connectivity index (χ1n) is 15.3. The topological polar surface area (TPSA) is 96.0 Å². The maximum Gasteiger partial charge on any atom is 0.247 e. The molecule has 8 nitrogen and oxygen atoms in total. The number of rotatable bonds is 13. The van der Waals surface area contributed by atoms with Crippen molar-refractivity contribution in [1.82, 2.24) is 14.5 Å². The number of nitrogens with one attached hydrogen (secondary N) is 1. The molecule has 1 atom stereocenters. The summed E-state index contributed by atoms with van der Waals surface area (Å²) in [6.45, 7) is 1.39. The molecule has 1 fully saturated rings. The van der Waals surface area contributed by atoms with Crippen molar-refractivity contribution in [3.8, 4) is 5.75 Å². The number of halogens is 1. The van der Waals surface area contributed by atoms with Gasteiger partial charge in [-0.3, -0.25) is 9.59 Å². The second-order valence-electron chi connectivity index (χ2n) is 11.3. The summed E-state index contributed by atoms with van der Waals surface area (Å²) in [7, 11) is -1.95. The Morgan fingerprint density at radius 3 is 2.09 bits per heavy atom. The second kappa shape index (κ2) is 15.2. The van der Waals surface area contributed by atoms with Gasteiger partial charge in [0.25, 0.3) is 0 Å². The van der Waals surface area contributed by atoms with Crippen LogP contribution in [0.5, 0.6) is 5.75 Å². The van der Waals surface area contributed by atoms with Crippen molar-refractivity contribution in [2.24, 2.45) is 0 Å². The highest BCUT2D eigenvalue weighted by atomic mass is 32.2. The Labute approximate surface area is 269 Å². The van der Waals surface area contributed by atoms with Gasteiger partial charge in [0, 0.05) is 32.6 Å². The fraction of sp³-hybridized carbons (Fsp3) is 0.278. The predicted molar refractivity (Wildman–Crippen MR) is 174 cm³/mol. The van der Waals surface area contributed by atoms with Crippen LogP contribution in [0, 0.1) is 5.82 Å². The van der Waals surface area contributed by atoms with E-state index in [0.717, 1.165) is 24.0 Å². The molecule has 10 heteroatoms. The van der Waals surface area contributed by atoms with E-state index in [9.17, 15) is 22.4 Å². The van der Waals surface area contributed by atoms with Gasteiger partial charge in [-0.2, -0.15) is 4.31 Å². The van der Waals surface area contributed by atoms with Gasteiger partial charge in [-0.15, -0.1) is 0 Å². The Bertz CT molecular complexity index is 1710. The molecule has 0 unspecified atom stereocenters. The first-order chi connectivity index (χ1) is 22.2. The monoisotopic (exact) mass is 643 g/mol. The molecular weight excluding hydrogens is 605 g/mol. The lowest BCUT2D eigenvalue weighted by Crippen LogP contribution is -2.43. The third kappa shape index (κ3) is 8.18. The number of carbonyl (C=O) groups excluding carboxylic acids is 2. The third-order valence-electron chi connectivity index (χ3n) is 8.14. The zero-order chi connectivity index (χ0) is 32.5. The number of sulfonamides is 1. The molecule has 0 aliphatic carbocycles. The number of aryl methyl sites for hydroxylation is 1. The smallest absolute Gasteiger partial charge is 0.247 e. The van der Waals surface area contributed by atoms with Gasteiger partial charge in [-0.1, -0.05) is 66.7 Å². The zero-order valence-electron chi connectivity index (χ0n) is 25.8. The van der Waals surface area contributed by atoms with Crippen LogP contribution in [-0.4, -0.2) is 49.6 Å².